The van der Waals surface area contributed by atoms with Crippen molar-refractivity contribution in [3.63, 3.8) is 0 Å². The molecule has 214 valence electrons. The number of amides is 1. The van der Waals surface area contributed by atoms with E-state index in [1.165, 1.54) is 22.6 Å². The van der Waals surface area contributed by atoms with E-state index in [0.29, 0.717) is 24.6 Å². The van der Waals surface area contributed by atoms with E-state index in [0.717, 1.165) is 42.7 Å². The number of carbonyl (C=O) groups is 3. The molecule has 8 heteroatoms. The summed E-state index contributed by atoms with van der Waals surface area (Å²) in [5.41, 5.74) is 4.85. The standard InChI is InChI=1S/C34H32N2O6/c37-23-36(30-14-15-31(32(38)20-30)34(41)42-22-25-4-2-1-3-5-25)21-24-6-8-26(9-7-24)27-16-18-35(19-17-27)29-12-10-28(11-13-29)33(39)40/h1-15,20,23,27,38H,16-19,21-22H2,(H,39,40). The van der Waals surface area contributed by atoms with Gasteiger partial charge < -0.3 is 24.7 Å². The topological polar surface area (TPSA) is 107 Å². The summed E-state index contributed by atoms with van der Waals surface area (Å²) in [6.45, 7) is 2.18. The highest BCUT2D eigenvalue weighted by Crippen LogP contribution is 2.31. The number of carboxylic acids is 1. The van der Waals surface area contributed by atoms with Gasteiger partial charge in [0.1, 0.15) is 17.9 Å². The van der Waals surface area contributed by atoms with Gasteiger partial charge in [0.25, 0.3) is 0 Å². The van der Waals surface area contributed by atoms with Gasteiger partial charge in [0.15, 0.2) is 0 Å². The third-order valence-corrected chi connectivity index (χ3v) is 7.65. The van der Waals surface area contributed by atoms with Gasteiger partial charge in [-0.2, -0.15) is 0 Å². The molecule has 0 aliphatic carbocycles. The second-order valence-corrected chi connectivity index (χ2v) is 10.4. The molecule has 42 heavy (non-hydrogen) atoms. The zero-order valence-electron chi connectivity index (χ0n) is 23.1. The minimum atomic E-state index is -0.923. The van der Waals surface area contributed by atoms with Crippen LogP contribution in [0.15, 0.2) is 97.1 Å². The summed E-state index contributed by atoms with van der Waals surface area (Å²) in [4.78, 5) is 39.3. The van der Waals surface area contributed by atoms with E-state index < -0.39 is 11.9 Å². The molecule has 0 radical (unpaired) electrons. The molecule has 0 bridgehead atoms. The van der Waals surface area contributed by atoms with E-state index in [2.05, 4.69) is 17.0 Å². The van der Waals surface area contributed by atoms with Crippen LogP contribution in [0.3, 0.4) is 0 Å². The molecule has 1 aliphatic heterocycles. The Bertz CT molecular complexity index is 1530. The summed E-state index contributed by atoms with van der Waals surface area (Å²) in [7, 11) is 0. The van der Waals surface area contributed by atoms with Crippen molar-refractivity contribution >= 4 is 29.7 Å². The summed E-state index contributed by atoms with van der Waals surface area (Å²) in [6.07, 6.45) is 2.68. The normalized spacial score (nSPS) is 13.4. The zero-order valence-corrected chi connectivity index (χ0v) is 23.1. The number of hydrogen-bond acceptors (Lipinski definition) is 6. The van der Waals surface area contributed by atoms with Crippen molar-refractivity contribution in [1.29, 1.82) is 0 Å². The molecule has 5 rings (SSSR count). The first kappa shape index (κ1) is 28.4. The molecular formula is C34H32N2O6. The third kappa shape index (κ3) is 6.78. The number of hydrogen-bond donors (Lipinski definition) is 2. The van der Waals surface area contributed by atoms with E-state index in [-0.39, 0.29) is 23.5 Å². The largest absolute Gasteiger partial charge is 0.507 e. The lowest BCUT2D eigenvalue weighted by molar-refractivity contribution is -0.107. The van der Waals surface area contributed by atoms with Gasteiger partial charge in [0, 0.05) is 30.5 Å². The van der Waals surface area contributed by atoms with Crippen LogP contribution in [-0.2, 0) is 22.7 Å². The molecule has 0 spiro atoms. The Balaban J connectivity index is 1.16. The van der Waals surface area contributed by atoms with Crippen LogP contribution in [0.2, 0.25) is 0 Å². The van der Waals surface area contributed by atoms with Crippen LogP contribution in [0.1, 0.15) is 56.2 Å². The summed E-state index contributed by atoms with van der Waals surface area (Å²) < 4.78 is 5.31. The Labute approximate surface area is 244 Å². The molecule has 1 fully saturated rings. The second kappa shape index (κ2) is 13.0. The Morgan fingerprint density at radius 2 is 1.57 bits per heavy atom. The number of phenolic OH excluding ortho intramolecular Hbond substituents is 1. The Hall–Kier alpha value is -5.11. The van der Waals surface area contributed by atoms with E-state index in [1.807, 2.05) is 54.6 Å². The van der Waals surface area contributed by atoms with Gasteiger partial charge >= 0.3 is 11.9 Å². The molecule has 1 amide bonds. The maximum atomic E-state index is 12.5. The molecule has 1 aliphatic rings. The molecule has 8 nitrogen and oxygen atoms in total. The smallest absolute Gasteiger partial charge is 0.342 e. The monoisotopic (exact) mass is 564 g/mol. The van der Waals surface area contributed by atoms with Crippen LogP contribution in [-0.4, -0.2) is 41.7 Å². The minimum Gasteiger partial charge on any atom is -0.507 e. The third-order valence-electron chi connectivity index (χ3n) is 7.65. The number of nitrogens with zero attached hydrogens (tertiary/aromatic N) is 2. The highest BCUT2D eigenvalue weighted by Gasteiger charge is 2.21. The lowest BCUT2D eigenvalue weighted by Crippen LogP contribution is -2.32. The number of carbonyl (C=O) groups excluding carboxylic acids is 2. The van der Waals surface area contributed by atoms with Gasteiger partial charge in [-0.25, -0.2) is 9.59 Å². The van der Waals surface area contributed by atoms with Crippen molar-refractivity contribution in [3.05, 3.63) is 125 Å². The molecule has 1 heterocycles. The van der Waals surface area contributed by atoms with Gasteiger partial charge in [-0.3, -0.25) is 4.79 Å². The van der Waals surface area contributed by atoms with Gasteiger partial charge in [0.2, 0.25) is 6.41 Å². The fourth-order valence-corrected chi connectivity index (χ4v) is 5.24. The Kier molecular flexibility index (Phi) is 8.82. The molecule has 0 atom stereocenters. The number of benzene rings is 4. The number of aromatic hydroxyl groups is 1. The highest BCUT2D eigenvalue weighted by molar-refractivity contribution is 5.93. The average Bonchev–Trinajstić information content (AvgIpc) is 3.03. The highest BCUT2D eigenvalue weighted by atomic mass is 16.5. The summed E-state index contributed by atoms with van der Waals surface area (Å²) in [5, 5.41) is 19.6. The van der Waals surface area contributed by atoms with Gasteiger partial charge in [-0.05, 0) is 71.8 Å². The number of aromatic carboxylic acids is 1. The van der Waals surface area contributed by atoms with Crippen LogP contribution in [0.5, 0.6) is 5.75 Å². The van der Waals surface area contributed by atoms with E-state index in [1.54, 1.807) is 18.2 Å². The number of piperidine rings is 1. The fourth-order valence-electron chi connectivity index (χ4n) is 5.24. The van der Waals surface area contributed by atoms with Crippen molar-refractivity contribution in [2.45, 2.75) is 31.9 Å². The lowest BCUT2D eigenvalue weighted by Gasteiger charge is -2.34. The molecule has 1 saturated heterocycles. The van der Waals surface area contributed by atoms with Crippen LogP contribution in [0.4, 0.5) is 11.4 Å². The first-order valence-electron chi connectivity index (χ1n) is 13.8. The average molecular weight is 565 g/mol. The van der Waals surface area contributed by atoms with Crippen LogP contribution >= 0.6 is 0 Å². The van der Waals surface area contributed by atoms with Crippen molar-refractivity contribution in [3.8, 4) is 5.75 Å². The SMILES string of the molecule is O=CN(Cc1ccc(C2CCN(c3ccc(C(=O)O)cc3)CC2)cc1)c1ccc(C(=O)OCc2ccccc2)c(O)c1. The first-order valence-corrected chi connectivity index (χ1v) is 13.8. The predicted octanol–water partition coefficient (Wildman–Crippen LogP) is 5.99. The number of anilines is 2. The molecule has 4 aromatic carbocycles. The quantitative estimate of drug-likeness (QED) is 0.180. The first-order chi connectivity index (χ1) is 20.4. The summed E-state index contributed by atoms with van der Waals surface area (Å²) >= 11 is 0. The van der Waals surface area contributed by atoms with Gasteiger partial charge in [-0.1, -0.05) is 54.6 Å². The van der Waals surface area contributed by atoms with Crippen molar-refractivity contribution in [2.24, 2.45) is 0 Å². The van der Waals surface area contributed by atoms with Crippen molar-refractivity contribution in [2.75, 3.05) is 22.9 Å². The van der Waals surface area contributed by atoms with Crippen molar-refractivity contribution < 1.29 is 29.3 Å². The number of ether oxygens (including phenoxy) is 1. The molecule has 0 unspecified atom stereocenters. The van der Waals surface area contributed by atoms with Crippen LogP contribution in [0, 0.1) is 0 Å². The lowest BCUT2D eigenvalue weighted by atomic mass is 9.88. The molecule has 4 aromatic rings. The molecule has 2 N–H and O–H groups in total. The number of phenols is 1. The number of esters is 1. The van der Waals surface area contributed by atoms with Crippen LogP contribution < -0.4 is 9.80 Å². The Morgan fingerprint density at radius 1 is 0.881 bits per heavy atom. The fraction of sp³-hybridized carbons (Fsp3) is 0.206. The summed E-state index contributed by atoms with van der Waals surface area (Å²) in [5.74, 6) is -1.40. The number of rotatable bonds is 10. The molecular weight excluding hydrogens is 532 g/mol. The van der Waals surface area contributed by atoms with E-state index in [4.69, 9.17) is 9.84 Å². The second-order valence-electron chi connectivity index (χ2n) is 10.4. The Morgan fingerprint density at radius 3 is 2.19 bits per heavy atom. The van der Waals surface area contributed by atoms with Crippen molar-refractivity contribution in [1.82, 2.24) is 0 Å². The van der Waals surface area contributed by atoms with E-state index >= 15 is 0 Å². The van der Waals surface area contributed by atoms with Gasteiger partial charge in [-0.15, -0.1) is 0 Å². The number of carboxylic acid groups (broad SMARTS) is 1. The minimum absolute atomic E-state index is 0.0354. The van der Waals surface area contributed by atoms with Gasteiger partial charge in [0.05, 0.1) is 12.1 Å². The van der Waals surface area contributed by atoms with Crippen LogP contribution in [0.25, 0.3) is 0 Å². The summed E-state index contributed by atoms with van der Waals surface area (Å²) in [6, 6.07) is 29.0. The van der Waals surface area contributed by atoms with E-state index in [9.17, 15) is 19.5 Å². The molecule has 0 saturated carbocycles. The zero-order chi connectivity index (χ0) is 29.5. The maximum Gasteiger partial charge on any atom is 0.342 e. The maximum absolute atomic E-state index is 12.5. The predicted molar refractivity (Wildman–Crippen MR) is 160 cm³/mol. The molecule has 0 aromatic heterocycles.